The first-order valence-electron chi connectivity index (χ1n) is 17.1. The average molecular weight is 666 g/mol. The Morgan fingerprint density at radius 1 is 1.04 bits per heavy atom. The summed E-state index contributed by atoms with van der Waals surface area (Å²) in [5, 5.41) is 38.8. The monoisotopic (exact) mass is 665 g/mol. The number of hydrogen-bond donors (Lipinski definition) is 6. The number of aromatic hydroxyl groups is 1. The lowest BCUT2D eigenvalue weighted by Crippen LogP contribution is -2.83. The number of nitrogens with zero attached hydrogens (tertiary/aromatic N) is 1. The first-order chi connectivity index (χ1) is 22.4. The molecule has 8 N–H and O–H groups in total. The third-order valence-electron chi connectivity index (χ3n) is 13.0. The van der Waals surface area contributed by atoms with E-state index in [2.05, 4.69) is 37.5 Å². The number of carboxylic acid groups (broad SMARTS) is 2. The quantitative estimate of drug-likeness (QED) is 0.237. The molecule has 4 saturated carbocycles. The second-order valence-electron chi connectivity index (χ2n) is 16.1. The van der Waals surface area contributed by atoms with E-state index in [1.165, 1.54) is 42.6 Å². The van der Waals surface area contributed by atoms with Gasteiger partial charge in [0.25, 0.3) is 0 Å². The van der Waals surface area contributed by atoms with Gasteiger partial charge in [0.1, 0.15) is 11.7 Å². The molecule has 11 heteroatoms. The molecule has 4 bridgehead atoms. The second-order valence-corrected chi connectivity index (χ2v) is 16.1. The number of carboxylic acids is 1. The van der Waals surface area contributed by atoms with Crippen molar-refractivity contribution in [2.45, 2.75) is 101 Å². The van der Waals surface area contributed by atoms with Gasteiger partial charge in [0.15, 0.2) is 11.5 Å². The van der Waals surface area contributed by atoms with Gasteiger partial charge in [-0.25, -0.2) is 9.59 Å². The number of phenols is 1. The molecule has 2 heterocycles. The van der Waals surface area contributed by atoms with E-state index in [1.807, 2.05) is 20.1 Å². The molecule has 0 unspecified atom stereocenters. The van der Waals surface area contributed by atoms with Crippen molar-refractivity contribution < 1.29 is 39.5 Å². The van der Waals surface area contributed by atoms with Crippen molar-refractivity contribution >= 4 is 17.7 Å². The molecule has 11 nitrogen and oxygen atoms in total. The summed E-state index contributed by atoms with van der Waals surface area (Å²) in [6.45, 7) is 10.8. The number of benzene rings is 2. The summed E-state index contributed by atoms with van der Waals surface area (Å²) in [4.78, 5) is 21.9. The number of amides is 1. The molecular weight excluding hydrogens is 614 g/mol. The predicted molar refractivity (Wildman–Crippen MR) is 180 cm³/mol. The van der Waals surface area contributed by atoms with Crippen molar-refractivity contribution in [3.05, 3.63) is 53.1 Å². The van der Waals surface area contributed by atoms with E-state index in [0.717, 1.165) is 44.6 Å². The normalized spacial score (nSPS) is 33.5. The molecule has 262 valence electrons. The number of nitrogens with two attached hydrogens (primary N) is 2. The predicted octanol–water partition coefficient (Wildman–Crippen LogP) is 5.00. The van der Waals surface area contributed by atoms with Crippen molar-refractivity contribution in [2.24, 2.45) is 28.4 Å². The number of methoxy groups -OCH3 is 1. The maximum Gasteiger partial charge on any atom is 0.402 e. The van der Waals surface area contributed by atoms with Gasteiger partial charge in [0.05, 0.1) is 11.2 Å². The summed E-state index contributed by atoms with van der Waals surface area (Å²) in [5.74, 6) is 0.872. The molecule has 2 aromatic carbocycles. The lowest BCUT2D eigenvalue weighted by atomic mass is 9.33. The number of ether oxygens (including phenoxy) is 2. The van der Waals surface area contributed by atoms with Crippen molar-refractivity contribution in [3.8, 4) is 11.5 Å². The van der Waals surface area contributed by atoms with Gasteiger partial charge in [-0.15, -0.1) is 0 Å². The molecule has 0 radical (unpaired) electrons. The Kier molecular flexibility index (Phi) is 8.24. The van der Waals surface area contributed by atoms with Crippen LogP contribution in [0.1, 0.15) is 87.7 Å². The number of likely N-dealkylation sites (tertiary alicyclic amines) is 1. The number of rotatable bonds is 5. The number of anilines is 1. The number of fused-ring (bicyclic) bond motifs is 2. The molecule has 2 spiro atoms. The number of aliphatic hydroxyl groups is 1. The zero-order valence-corrected chi connectivity index (χ0v) is 28.7. The summed E-state index contributed by atoms with van der Waals surface area (Å²) in [5.41, 5.74) is 11.0. The molecule has 7 atom stereocenters. The van der Waals surface area contributed by atoms with Crippen LogP contribution in [0, 0.1) is 22.7 Å². The molecule has 48 heavy (non-hydrogen) atoms. The minimum atomic E-state index is -1.33. The van der Waals surface area contributed by atoms with Crippen LogP contribution in [-0.4, -0.2) is 80.9 Å². The summed E-state index contributed by atoms with van der Waals surface area (Å²) in [6.07, 6.45) is 6.30. The maximum atomic E-state index is 12.2. The van der Waals surface area contributed by atoms with Crippen LogP contribution in [0.4, 0.5) is 10.5 Å². The molecule has 7 aliphatic rings. The highest BCUT2D eigenvalue weighted by Gasteiger charge is 2.82. The molecule has 2 aromatic rings. The van der Waals surface area contributed by atoms with E-state index < -0.39 is 23.3 Å². The number of nitrogen functional groups attached to an aromatic ring is 1. The van der Waals surface area contributed by atoms with Crippen LogP contribution >= 0.6 is 0 Å². The van der Waals surface area contributed by atoms with Crippen LogP contribution in [0.2, 0.25) is 0 Å². The van der Waals surface area contributed by atoms with Crippen LogP contribution in [0.25, 0.3) is 0 Å². The number of primary amides is 1. The van der Waals surface area contributed by atoms with Crippen LogP contribution in [0.15, 0.2) is 36.4 Å². The summed E-state index contributed by atoms with van der Waals surface area (Å²) < 4.78 is 13.5. The van der Waals surface area contributed by atoms with Gasteiger partial charge < -0.3 is 41.4 Å². The Balaban J connectivity index is 0.000000241. The van der Waals surface area contributed by atoms with Gasteiger partial charge in [0, 0.05) is 47.7 Å². The Hall–Kier alpha value is -3.54. The summed E-state index contributed by atoms with van der Waals surface area (Å²) in [7, 11) is 1.83. The van der Waals surface area contributed by atoms with E-state index in [-0.39, 0.29) is 39.6 Å². The smallest absolute Gasteiger partial charge is 0.402 e. The molecule has 9 rings (SSSR count). The van der Waals surface area contributed by atoms with Crippen molar-refractivity contribution in [3.63, 3.8) is 0 Å². The molecule has 1 amide bonds. The Labute approximate surface area is 282 Å². The fourth-order valence-electron chi connectivity index (χ4n) is 10.2. The molecule has 1 saturated heterocycles. The summed E-state index contributed by atoms with van der Waals surface area (Å²) in [6, 6.07) is 10.5. The molecule has 5 aliphatic carbocycles. The topological polar surface area (TPSA) is 189 Å². The maximum absolute atomic E-state index is 12.2. The summed E-state index contributed by atoms with van der Waals surface area (Å²) >= 11 is 0. The highest BCUT2D eigenvalue weighted by Crippen LogP contribution is 2.78. The Bertz CT molecular complexity index is 1580. The van der Waals surface area contributed by atoms with Crippen molar-refractivity contribution in [1.82, 2.24) is 4.90 Å². The van der Waals surface area contributed by atoms with Crippen LogP contribution in [-0.2, 0) is 16.6 Å². The van der Waals surface area contributed by atoms with Crippen LogP contribution in [0.5, 0.6) is 11.5 Å². The molecule has 5 fully saturated rings. The van der Waals surface area contributed by atoms with E-state index in [9.17, 15) is 15.0 Å². The minimum absolute atomic E-state index is 0.0294. The SMILES string of the molecule is CO[C@@]12CC[C@@]3(C[C@@H]1[C@](C)(O)C(C)(C)C)[C@H]1Cc4ccc(O)c5c4[C@@]3(CCN1CC1CC1)[C@H]2O5.NC(=O)O.Nc1ccc(C(=O)O)cc1. The third-order valence-corrected chi connectivity index (χ3v) is 13.0. The fraction of sp³-hybridized carbons (Fsp3) is 0.622. The van der Waals surface area contributed by atoms with Gasteiger partial charge in [-0.1, -0.05) is 26.8 Å². The van der Waals surface area contributed by atoms with E-state index in [0.29, 0.717) is 17.5 Å². The van der Waals surface area contributed by atoms with E-state index in [4.69, 9.17) is 30.2 Å². The Morgan fingerprint density at radius 3 is 2.25 bits per heavy atom. The first-order valence-corrected chi connectivity index (χ1v) is 17.1. The van der Waals surface area contributed by atoms with Gasteiger partial charge in [0.2, 0.25) is 0 Å². The van der Waals surface area contributed by atoms with Gasteiger partial charge in [-0.2, -0.15) is 0 Å². The standard InChI is InChI=1S/C29H41NO4.C7H7NO2.CH3NO2/c1-25(2,3)26(4,32)20-15-27-10-11-29(20,33-5)24-28(27)12-13-30(16-17-6-7-17)21(27)14-18-8-9-19(31)23(34-24)22(18)28;8-6-3-1-5(2-4-6)7(9)10;2-1(3)4/h8-9,17,20-21,24,31-32H,6-7,10-16H2,1-5H3;1-4H,8H2,(H,9,10);2H2,(H,3,4)/t20-,21-,24-,26+,27-,28+,29+;;/m1../s1. The molecule has 2 aliphatic heterocycles. The second kappa shape index (κ2) is 11.5. The number of phenolic OH excluding ortho intramolecular Hbond substituents is 1. The lowest BCUT2D eigenvalue weighted by molar-refractivity contribution is -0.312. The highest BCUT2D eigenvalue weighted by atomic mass is 16.6. The van der Waals surface area contributed by atoms with Gasteiger partial charge in [-0.05, 0) is 106 Å². The zero-order chi connectivity index (χ0) is 35.0. The highest BCUT2D eigenvalue weighted by molar-refractivity contribution is 5.87. The van der Waals surface area contributed by atoms with Crippen LogP contribution in [0.3, 0.4) is 0 Å². The van der Waals surface area contributed by atoms with Gasteiger partial charge in [-0.3, -0.25) is 4.90 Å². The minimum Gasteiger partial charge on any atom is -0.504 e. The van der Waals surface area contributed by atoms with Crippen molar-refractivity contribution in [1.29, 1.82) is 0 Å². The molecule has 0 aromatic heterocycles. The number of carbonyl (C=O) groups is 2. The number of piperidine rings is 1. The third kappa shape index (κ3) is 4.95. The zero-order valence-electron chi connectivity index (χ0n) is 28.7. The van der Waals surface area contributed by atoms with Crippen LogP contribution < -0.4 is 16.2 Å². The van der Waals surface area contributed by atoms with E-state index >= 15 is 0 Å². The number of hydrogen-bond acceptors (Lipinski definition) is 8. The fourth-order valence-corrected chi connectivity index (χ4v) is 10.2. The Morgan fingerprint density at radius 2 is 1.69 bits per heavy atom. The first kappa shape index (κ1) is 34.3. The van der Waals surface area contributed by atoms with E-state index in [1.54, 1.807) is 12.1 Å². The van der Waals surface area contributed by atoms with Gasteiger partial charge >= 0.3 is 12.1 Å². The van der Waals surface area contributed by atoms with Crippen molar-refractivity contribution in [2.75, 3.05) is 25.9 Å². The average Bonchev–Trinajstić information content (AvgIpc) is 3.76. The largest absolute Gasteiger partial charge is 0.504 e. The molecular formula is C37H51N3O8. The number of aromatic carboxylic acids is 1. The lowest BCUT2D eigenvalue weighted by Gasteiger charge is -2.75.